The Hall–Kier alpha value is -2.34. The summed E-state index contributed by atoms with van der Waals surface area (Å²) in [6.07, 6.45) is 5.72. The first-order valence-electron chi connectivity index (χ1n) is 8.90. The lowest BCUT2D eigenvalue weighted by Gasteiger charge is -2.06. The Morgan fingerprint density at radius 1 is 1.21 bits per heavy atom. The summed E-state index contributed by atoms with van der Waals surface area (Å²) in [5, 5.41) is 5.35. The minimum absolute atomic E-state index is 0.0763. The lowest BCUT2D eigenvalue weighted by molar-refractivity contribution is 0.290. The molecule has 1 aliphatic rings. The highest BCUT2D eigenvalue weighted by Crippen LogP contribution is 2.38. The molecule has 0 amide bonds. The minimum atomic E-state index is 0.0763. The molecule has 3 heterocycles. The highest BCUT2D eigenvalue weighted by molar-refractivity contribution is 14.1. The van der Waals surface area contributed by atoms with Gasteiger partial charge in [-0.25, -0.2) is 4.98 Å². The van der Waals surface area contributed by atoms with E-state index >= 15 is 0 Å². The molecule has 0 atom stereocenters. The van der Waals surface area contributed by atoms with Crippen LogP contribution in [-0.2, 0) is 4.43 Å². The quantitative estimate of drug-likeness (QED) is 0.190. The molecule has 3 aromatic heterocycles. The Morgan fingerprint density at radius 3 is 2.55 bits per heavy atom. The summed E-state index contributed by atoms with van der Waals surface area (Å²) in [6.45, 7) is 0. The Kier molecular flexibility index (Phi) is 6.19. The van der Waals surface area contributed by atoms with Crippen molar-refractivity contribution >= 4 is 39.6 Å². The van der Waals surface area contributed by atoms with Crippen molar-refractivity contribution in [1.82, 2.24) is 19.9 Å². The average Bonchev–Trinajstić information content (AvgIpc) is 3.52. The molecule has 0 bridgehead atoms. The van der Waals surface area contributed by atoms with Gasteiger partial charge in [-0.3, -0.25) is 4.98 Å². The second-order valence-corrected chi connectivity index (χ2v) is 8.01. The van der Waals surface area contributed by atoms with Crippen molar-refractivity contribution in [2.24, 2.45) is 11.1 Å². The molecule has 1 fully saturated rings. The number of hydrogen-bond acceptors (Lipinski definition) is 9. The van der Waals surface area contributed by atoms with Crippen molar-refractivity contribution in [3.63, 3.8) is 0 Å². The van der Waals surface area contributed by atoms with Crippen LogP contribution >= 0.6 is 33.9 Å². The average molecular weight is 523 g/mol. The molecular weight excluding hydrogens is 505 g/mol. The zero-order valence-corrected chi connectivity index (χ0v) is 18.8. The summed E-state index contributed by atoms with van der Waals surface area (Å²) >= 11 is 3.93. The lowest BCUT2D eigenvalue weighted by atomic mass is 10.2. The molecule has 0 saturated heterocycles. The smallest absolute Gasteiger partial charge is 0.352 e. The molecule has 29 heavy (non-hydrogen) atoms. The largest absolute Gasteiger partial charge is 0.481 e. The van der Waals surface area contributed by atoms with Gasteiger partial charge in [0.15, 0.2) is 0 Å². The number of halogens is 1. The maximum atomic E-state index is 5.59. The van der Waals surface area contributed by atoms with Crippen LogP contribution in [0.25, 0.3) is 10.6 Å². The predicted molar refractivity (Wildman–Crippen MR) is 118 cm³/mol. The lowest BCUT2D eigenvalue weighted by Crippen LogP contribution is -2.07. The van der Waals surface area contributed by atoms with E-state index in [-0.39, 0.29) is 6.01 Å². The second-order valence-electron chi connectivity index (χ2n) is 6.25. The van der Waals surface area contributed by atoms with Gasteiger partial charge >= 0.3 is 6.01 Å². The van der Waals surface area contributed by atoms with E-state index < -0.39 is 0 Å². The molecule has 8 nitrogen and oxygen atoms in total. The first-order valence-corrected chi connectivity index (χ1v) is 11.2. The fourth-order valence-corrected chi connectivity index (χ4v) is 4.58. The van der Waals surface area contributed by atoms with E-state index in [1.807, 2.05) is 18.3 Å². The van der Waals surface area contributed by atoms with Gasteiger partial charge < -0.3 is 14.3 Å². The number of alkyl halides is 1. The maximum absolute atomic E-state index is 5.59. The van der Waals surface area contributed by atoms with Crippen LogP contribution in [0.4, 0.5) is 0 Å². The third kappa shape index (κ3) is 4.64. The van der Waals surface area contributed by atoms with Crippen molar-refractivity contribution < 1.29 is 14.3 Å². The third-order valence-corrected chi connectivity index (χ3v) is 6.12. The van der Waals surface area contributed by atoms with Crippen molar-refractivity contribution in [2.45, 2.75) is 17.3 Å². The number of methoxy groups -OCH3 is 2. The van der Waals surface area contributed by atoms with Gasteiger partial charge in [-0.2, -0.15) is 9.97 Å². The molecule has 0 N–H and O–H groups in total. The monoisotopic (exact) mass is 523 g/mol. The number of ether oxygens (including phenoxy) is 2. The van der Waals surface area contributed by atoms with Crippen molar-refractivity contribution in [1.29, 1.82) is 0 Å². The Bertz CT molecular complexity index is 1000. The summed E-state index contributed by atoms with van der Waals surface area (Å²) in [4.78, 5) is 24.0. The number of nitrogens with zero attached hydrogens (tertiary/aromatic N) is 5. The fourth-order valence-electron chi connectivity index (χ4n) is 2.64. The van der Waals surface area contributed by atoms with Gasteiger partial charge in [0, 0.05) is 28.3 Å². The topological polar surface area (TPSA) is 91.6 Å². The molecule has 4 rings (SSSR count). The summed E-state index contributed by atoms with van der Waals surface area (Å²) in [5.41, 5.74) is 2.87. The van der Waals surface area contributed by atoms with Gasteiger partial charge in [0.05, 0.1) is 30.9 Å². The number of hydrogen-bond donors (Lipinski definition) is 0. The third-order valence-electron chi connectivity index (χ3n) is 4.23. The Labute approximate surface area is 185 Å². The molecule has 0 spiro atoms. The molecule has 0 aromatic carbocycles. The van der Waals surface area contributed by atoms with Crippen molar-refractivity contribution in [3.8, 4) is 28.3 Å². The van der Waals surface area contributed by atoms with Gasteiger partial charge in [-0.05, 0) is 25.0 Å². The van der Waals surface area contributed by atoms with Gasteiger partial charge in [0.1, 0.15) is 10.7 Å². The SMILES string of the molecule is COc1cc(OC)nc(O/N=C(/c2sc(-c3cccnc3)nc2CI)C2CC2)n1. The van der Waals surface area contributed by atoms with Crippen LogP contribution < -0.4 is 14.3 Å². The summed E-state index contributed by atoms with van der Waals surface area (Å²) in [5.74, 6) is 1.05. The van der Waals surface area contributed by atoms with Crippen molar-refractivity contribution in [3.05, 3.63) is 41.2 Å². The molecule has 3 aromatic rings. The van der Waals surface area contributed by atoms with Crippen LogP contribution in [0.3, 0.4) is 0 Å². The first kappa shape index (κ1) is 20.0. The number of thiazole rings is 1. The standard InChI is InChI=1S/C19H18IN5O3S/c1-26-14-8-15(27-2)24-19(23-14)28-25-16(11-5-6-11)17-13(9-20)22-18(29-17)12-4-3-7-21-10-12/h3-4,7-8,10-11H,5-6,9H2,1-2H3/b25-16+. The number of aromatic nitrogens is 4. The van der Waals surface area contributed by atoms with E-state index in [4.69, 9.17) is 19.3 Å². The summed E-state index contributed by atoms with van der Waals surface area (Å²) < 4.78 is 11.1. The molecule has 0 unspecified atom stereocenters. The number of pyridine rings is 1. The van der Waals surface area contributed by atoms with Crippen LogP contribution in [0.1, 0.15) is 23.4 Å². The second kappa shape index (κ2) is 8.99. The van der Waals surface area contributed by atoms with E-state index in [2.05, 4.69) is 42.7 Å². The number of rotatable bonds is 8. The Morgan fingerprint density at radius 2 is 1.97 bits per heavy atom. The molecule has 1 aliphatic carbocycles. The van der Waals surface area contributed by atoms with Gasteiger partial charge in [-0.1, -0.05) is 27.7 Å². The van der Waals surface area contributed by atoms with E-state index in [0.717, 1.165) is 44.1 Å². The molecular formula is C19H18IN5O3S. The van der Waals surface area contributed by atoms with E-state index in [1.54, 1.807) is 23.6 Å². The molecule has 0 aliphatic heterocycles. The highest BCUT2D eigenvalue weighted by Gasteiger charge is 2.33. The molecule has 10 heteroatoms. The zero-order valence-electron chi connectivity index (χ0n) is 15.8. The first-order chi connectivity index (χ1) is 14.2. The van der Waals surface area contributed by atoms with E-state index in [1.165, 1.54) is 14.2 Å². The van der Waals surface area contributed by atoms with Crippen LogP contribution in [-0.4, -0.2) is 39.9 Å². The van der Waals surface area contributed by atoms with Crippen molar-refractivity contribution in [2.75, 3.05) is 14.2 Å². The fraction of sp³-hybridized carbons (Fsp3) is 0.316. The van der Waals surface area contributed by atoms with Crippen LogP contribution in [0, 0.1) is 5.92 Å². The Balaban J connectivity index is 1.67. The minimum Gasteiger partial charge on any atom is -0.481 e. The van der Waals surface area contributed by atoms with Gasteiger partial charge in [0.2, 0.25) is 11.8 Å². The molecule has 150 valence electrons. The van der Waals surface area contributed by atoms with Crippen LogP contribution in [0.5, 0.6) is 17.8 Å². The van der Waals surface area contributed by atoms with Crippen LogP contribution in [0.15, 0.2) is 35.7 Å². The van der Waals surface area contributed by atoms with E-state index in [9.17, 15) is 0 Å². The number of oxime groups is 1. The zero-order chi connectivity index (χ0) is 20.2. The van der Waals surface area contributed by atoms with Gasteiger partial charge in [0.25, 0.3) is 0 Å². The maximum Gasteiger partial charge on any atom is 0.352 e. The molecule has 1 saturated carbocycles. The normalized spacial score (nSPS) is 14.0. The summed E-state index contributed by atoms with van der Waals surface area (Å²) in [6, 6.07) is 5.57. The molecule has 0 radical (unpaired) electrons. The summed E-state index contributed by atoms with van der Waals surface area (Å²) in [7, 11) is 3.04. The van der Waals surface area contributed by atoms with Gasteiger partial charge in [-0.15, -0.1) is 11.3 Å². The van der Waals surface area contributed by atoms with E-state index in [0.29, 0.717) is 17.7 Å². The highest BCUT2D eigenvalue weighted by atomic mass is 127. The predicted octanol–water partition coefficient (Wildman–Crippen LogP) is 4.14. The van der Waals surface area contributed by atoms with Crippen LogP contribution in [0.2, 0.25) is 0 Å².